The van der Waals surface area contributed by atoms with Gasteiger partial charge in [-0.05, 0) is 43.5 Å². The topological polar surface area (TPSA) is 115 Å². The predicted octanol–water partition coefficient (Wildman–Crippen LogP) is 1.99. The third kappa shape index (κ3) is 3.58. The fraction of sp³-hybridized carbons (Fsp3) is 0.300. The number of anilines is 1. The van der Waals surface area contributed by atoms with Crippen molar-refractivity contribution in [3.63, 3.8) is 0 Å². The maximum atomic E-state index is 14.7. The molecule has 1 saturated carbocycles. The van der Waals surface area contributed by atoms with Gasteiger partial charge in [-0.3, -0.25) is 4.79 Å². The average Bonchev–Trinajstić information content (AvgIpc) is 2.67. The number of pyridine rings is 1. The number of methoxy groups -OCH3 is 1. The standard InChI is InChI=1S/C20H24FN5O2/c1-24-18(17(23)19(27)26-11-5-3-6-11)13-8-9-14(21)15(16(13)22)12-7-4-10-25-20(12)28-2/h4,7-11,24H,3,5-6,22-23H2,1-2H3,(H,26,27)/b18-17+. The number of rotatable bonds is 6. The van der Waals surface area contributed by atoms with Crippen LogP contribution in [0.2, 0.25) is 0 Å². The van der Waals surface area contributed by atoms with Gasteiger partial charge in [0, 0.05) is 36.0 Å². The molecule has 0 spiro atoms. The lowest BCUT2D eigenvalue weighted by Gasteiger charge is -2.27. The summed E-state index contributed by atoms with van der Waals surface area (Å²) in [4.78, 5) is 16.6. The summed E-state index contributed by atoms with van der Waals surface area (Å²) in [5, 5.41) is 5.81. The Bertz CT molecular complexity index is 925. The smallest absolute Gasteiger partial charge is 0.269 e. The van der Waals surface area contributed by atoms with Crippen LogP contribution in [0.1, 0.15) is 24.8 Å². The number of nitrogen functional groups attached to an aromatic ring is 1. The molecule has 0 radical (unpaired) electrons. The van der Waals surface area contributed by atoms with Crippen LogP contribution in [0.4, 0.5) is 10.1 Å². The van der Waals surface area contributed by atoms with Crippen molar-refractivity contribution in [2.24, 2.45) is 5.73 Å². The Morgan fingerprint density at radius 3 is 2.68 bits per heavy atom. The normalized spacial score (nSPS) is 14.7. The number of benzene rings is 1. The van der Waals surface area contributed by atoms with Crippen molar-refractivity contribution in [1.82, 2.24) is 15.6 Å². The number of ether oxygens (including phenoxy) is 1. The summed E-state index contributed by atoms with van der Waals surface area (Å²) in [5.41, 5.74) is 13.8. The molecule has 0 atom stereocenters. The maximum Gasteiger partial charge on any atom is 0.269 e. The van der Waals surface area contributed by atoms with Crippen LogP contribution in [0.3, 0.4) is 0 Å². The quantitative estimate of drug-likeness (QED) is 0.447. The van der Waals surface area contributed by atoms with Gasteiger partial charge in [-0.2, -0.15) is 0 Å². The first kappa shape index (κ1) is 19.5. The molecule has 0 saturated heterocycles. The Labute approximate surface area is 163 Å². The molecule has 8 heteroatoms. The van der Waals surface area contributed by atoms with Crippen molar-refractivity contribution in [3.8, 4) is 17.0 Å². The highest BCUT2D eigenvalue weighted by Gasteiger charge is 2.24. The van der Waals surface area contributed by atoms with E-state index in [9.17, 15) is 9.18 Å². The van der Waals surface area contributed by atoms with E-state index in [2.05, 4.69) is 15.6 Å². The highest BCUT2D eigenvalue weighted by molar-refractivity contribution is 6.02. The SMILES string of the molecule is CN/C(=C(/N)C(=O)NC1CCC1)c1ccc(F)c(-c2cccnc2OC)c1N. The first-order valence-corrected chi connectivity index (χ1v) is 9.04. The van der Waals surface area contributed by atoms with Crippen molar-refractivity contribution in [3.05, 3.63) is 47.5 Å². The zero-order valence-electron chi connectivity index (χ0n) is 15.9. The lowest BCUT2D eigenvalue weighted by molar-refractivity contribution is -0.118. The Hall–Kier alpha value is -3.29. The van der Waals surface area contributed by atoms with Crippen LogP contribution >= 0.6 is 0 Å². The van der Waals surface area contributed by atoms with Gasteiger partial charge in [-0.25, -0.2) is 9.37 Å². The van der Waals surface area contributed by atoms with Crippen molar-refractivity contribution < 1.29 is 13.9 Å². The van der Waals surface area contributed by atoms with Crippen molar-refractivity contribution in [2.75, 3.05) is 19.9 Å². The van der Waals surface area contributed by atoms with Gasteiger partial charge in [0.1, 0.15) is 11.5 Å². The predicted molar refractivity (Wildman–Crippen MR) is 107 cm³/mol. The number of nitrogens with one attached hydrogen (secondary N) is 2. The molecule has 0 unspecified atom stereocenters. The van der Waals surface area contributed by atoms with Gasteiger partial charge in [0.2, 0.25) is 5.88 Å². The molecule has 1 aromatic heterocycles. The second-order valence-corrected chi connectivity index (χ2v) is 6.58. The van der Waals surface area contributed by atoms with Crippen LogP contribution in [0.15, 0.2) is 36.2 Å². The highest BCUT2D eigenvalue weighted by atomic mass is 19.1. The number of amides is 1. The van der Waals surface area contributed by atoms with E-state index in [-0.39, 0.29) is 34.8 Å². The van der Waals surface area contributed by atoms with E-state index >= 15 is 0 Å². The molecule has 1 fully saturated rings. The largest absolute Gasteiger partial charge is 0.481 e. The highest BCUT2D eigenvalue weighted by Crippen LogP contribution is 2.38. The van der Waals surface area contributed by atoms with Crippen LogP contribution < -0.4 is 26.8 Å². The van der Waals surface area contributed by atoms with Gasteiger partial charge in [0.15, 0.2) is 0 Å². The van der Waals surface area contributed by atoms with Crippen molar-refractivity contribution >= 4 is 17.3 Å². The molecular weight excluding hydrogens is 361 g/mol. The van der Waals surface area contributed by atoms with E-state index < -0.39 is 5.82 Å². The number of hydrogen-bond acceptors (Lipinski definition) is 6. The summed E-state index contributed by atoms with van der Waals surface area (Å²) >= 11 is 0. The van der Waals surface area contributed by atoms with Gasteiger partial charge in [0.05, 0.1) is 18.5 Å². The Morgan fingerprint density at radius 1 is 1.32 bits per heavy atom. The second kappa shape index (κ2) is 8.16. The van der Waals surface area contributed by atoms with Crippen LogP contribution in [-0.4, -0.2) is 31.1 Å². The maximum absolute atomic E-state index is 14.7. The van der Waals surface area contributed by atoms with Gasteiger partial charge >= 0.3 is 0 Å². The molecule has 0 bridgehead atoms. The zero-order chi connectivity index (χ0) is 20.3. The molecule has 7 nitrogen and oxygen atoms in total. The molecule has 1 aromatic carbocycles. The summed E-state index contributed by atoms with van der Waals surface area (Å²) in [5.74, 6) is -0.658. The number of halogens is 1. The molecule has 2 aromatic rings. The molecule has 1 amide bonds. The Balaban J connectivity index is 2.08. The first-order chi connectivity index (χ1) is 13.5. The first-order valence-electron chi connectivity index (χ1n) is 9.04. The number of nitrogens with two attached hydrogens (primary N) is 2. The second-order valence-electron chi connectivity index (χ2n) is 6.58. The van der Waals surface area contributed by atoms with Gasteiger partial charge in [-0.1, -0.05) is 0 Å². The minimum absolute atomic E-state index is 0.00295. The van der Waals surface area contributed by atoms with Gasteiger partial charge in [-0.15, -0.1) is 0 Å². The van der Waals surface area contributed by atoms with Crippen LogP contribution in [0, 0.1) is 5.82 Å². The van der Waals surface area contributed by atoms with Crippen molar-refractivity contribution in [2.45, 2.75) is 25.3 Å². The average molecular weight is 385 g/mol. The minimum Gasteiger partial charge on any atom is -0.481 e. The molecule has 0 aliphatic heterocycles. The molecular formula is C20H24FN5O2. The van der Waals surface area contributed by atoms with Crippen molar-refractivity contribution in [1.29, 1.82) is 0 Å². The zero-order valence-corrected chi connectivity index (χ0v) is 15.9. The molecule has 1 heterocycles. The Morgan fingerprint density at radius 2 is 2.07 bits per heavy atom. The summed E-state index contributed by atoms with van der Waals surface area (Å²) in [7, 11) is 3.08. The fourth-order valence-corrected chi connectivity index (χ4v) is 3.17. The summed E-state index contributed by atoms with van der Waals surface area (Å²) in [6, 6.07) is 6.25. The number of carbonyl (C=O) groups excluding carboxylic acids is 1. The van der Waals surface area contributed by atoms with Crippen LogP contribution in [0.25, 0.3) is 16.8 Å². The minimum atomic E-state index is -0.527. The van der Waals surface area contributed by atoms with Gasteiger partial charge < -0.3 is 26.8 Å². The number of nitrogens with zero attached hydrogens (tertiary/aromatic N) is 1. The monoisotopic (exact) mass is 385 g/mol. The van der Waals surface area contributed by atoms with Gasteiger partial charge in [0.25, 0.3) is 5.91 Å². The van der Waals surface area contributed by atoms with E-state index in [0.717, 1.165) is 19.3 Å². The summed E-state index contributed by atoms with van der Waals surface area (Å²) in [6.45, 7) is 0. The molecule has 1 aliphatic rings. The van der Waals surface area contributed by atoms with Crippen LogP contribution in [-0.2, 0) is 4.79 Å². The number of hydrogen-bond donors (Lipinski definition) is 4. The molecule has 6 N–H and O–H groups in total. The number of carbonyl (C=O) groups is 1. The van der Waals surface area contributed by atoms with E-state index in [4.69, 9.17) is 16.2 Å². The summed E-state index contributed by atoms with van der Waals surface area (Å²) in [6.07, 6.45) is 4.52. The fourth-order valence-electron chi connectivity index (χ4n) is 3.17. The van der Waals surface area contributed by atoms with Crippen LogP contribution in [0.5, 0.6) is 5.88 Å². The molecule has 1 aliphatic carbocycles. The number of aromatic nitrogens is 1. The molecule has 148 valence electrons. The van der Waals surface area contributed by atoms with E-state index in [1.807, 2.05) is 0 Å². The lowest BCUT2D eigenvalue weighted by Crippen LogP contribution is -2.42. The van der Waals surface area contributed by atoms with E-state index in [1.54, 1.807) is 25.4 Å². The third-order valence-electron chi connectivity index (χ3n) is 4.90. The summed E-state index contributed by atoms with van der Waals surface area (Å²) < 4.78 is 19.9. The van der Waals surface area contributed by atoms with E-state index in [0.29, 0.717) is 16.8 Å². The Kier molecular flexibility index (Phi) is 5.67. The molecule has 28 heavy (non-hydrogen) atoms. The third-order valence-corrected chi connectivity index (χ3v) is 4.90. The molecule has 3 rings (SSSR count). The van der Waals surface area contributed by atoms with E-state index in [1.165, 1.54) is 19.2 Å². The lowest BCUT2D eigenvalue weighted by atomic mass is 9.93.